The number of halogens is 2. The minimum Gasteiger partial charge on any atom is -0.480 e. The van der Waals surface area contributed by atoms with E-state index >= 15 is 0 Å². The number of aryl methyl sites for hydroxylation is 1. The molecule has 28 heavy (non-hydrogen) atoms. The molecule has 2 heterocycles. The second kappa shape index (κ2) is 7.66. The normalized spacial score (nSPS) is 16.5. The van der Waals surface area contributed by atoms with Gasteiger partial charge in [0.2, 0.25) is 0 Å². The van der Waals surface area contributed by atoms with Crippen LogP contribution < -0.4 is 4.90 Å². The number of nitrogens with zero attached hydrogens (tertiary/aromatic N) is 2. The average Bonchev–Trinajstić information content (AvgIpc) is 3.01. The number of aromatic amines is 1. The van der Waals surface area contributed by atoms with Crippen LogP contribution in [0.25, 0.3) is 10.9 Å². The number of carboxylic acid groups (broad SMARTS) is 1. The summed E-state index contributed by atoms with van der Waals surface area (Å²) in [6.07, 6.45) is 0. The zero-order chi connectivity index (χ0) is 19.8. The van der Waals surface area contributed by atoms with E-state index in [1.54, 1.807) is 6.07 Å². The Bertz CT molecular complexity index is 1030. The van der Waals surface area contributed by atoms with Gasteiger partial charge in [0.15, 0.2) is 0 Å². The molecule has 2 aromatic carbocycles. The van der Waals surface area contributed by atoms with Crippen molar-refractivity contribution < 1.29 is 9.90 Å². The van der Waals surface area contributed by atoms with Crippen molar-refractivity contribution >= 4 is 45.8 Å². The molecular formula is C21H21Cl2N3O2. The maximum absolute atomic E-state index is 12.2. The van der Waals surface area contributed by atoms with E-state index in [9.17, 15) is 9.90 Å². The Morgan fingerprint density at radius 3 is 2.46 bits per heavy atom. The van der Waals surface area contributed by atoms with Crippen LogP contribution in [0, 0.1) is 6.92 Å². The van der Waals surface area contributed by atoms with E-state index in [2.05, 4.69) is 9.88 Å². The number of H-pyrrole nitrogens is 1. The van der Waals surface area contributed by atoms with Crippen molar-refractivity contribution in [2.75, 3.05) is 31.1 Å². The molecule has 7 heteroatoms. The first-order chi connectivity index (χ1) is 13.5. The van der Waals surface area contributed by atoms with Gasteiger partial charge in [0.25, 0.3) is 0 Å². The topological polar surface area (TPSA) is 59.6 Å². The fraction of sp³-hybridized carbons (Fsp3) is 0.286. The summed E-state index contributed by atoms with van der Waals surface area (Å²) < 4.78 is 0. The molecule has 1 saturated heterocycles. The van der Waals surface area contributed by atoms with Crippen LogP contribution in [0.3, 0.4) is 0 Å². The van der Waals surface area contributed by atoms with Crippen LogP contribution in [-0.2, 0) is 4.79 Å². The van der Waals surface area contributed by atoms with Gasteiger partial charge in [-0.3, -0.25) is 9.69 Å². The van der Waals surface area contributed by atoms with Gasteiger partial charge in [-0.25, -0.2) is 0 Å². The number of carbonyl (C=O) groups is 1. The summed E-state index contributed by atoms with van der Waals surface area (Å²) in [5, 5.41) is 12.1. The van der Waals surface area contributed by atoms with Crippen LogP contribution in [0.15, 0.2) is 42.5 Å². The summed E-state index contributed by atoms with van der Waals surface area (Å²) in [4.78, 5) is 19.8. The minimum atomic E-state index is -0.823. The van der Waals surface area contributed by atoms with E-state index < -0.39 is 12.0 Å². The van der Waals surface area contributed by atoms with E-state index in [0.717, 1.165) is 40.9 Å². The molecular weight excluding hydrogens is 397 g/mol. The molecule has 3 aromatic rings. The number of benzene rings is 2. The standard InChI is InChI=1S/C21H21Cl2N3O2/c1-13-19(15-4-2-3-5-18(15)24-13)20(21(27)28)26-10-8-25(9-11-26)14-6-7-16(22)17(23)12-14/h2-7,12,20,24H,8-11H2,1H3,(H,27,28)/t20-/m0/s1. The molecule has 146 valence electrons. The van der Waals surface area contributed by atoms with Crippen LogP contribution in [-0.4, -0.2) is 47.1 Å². The highest BCUT2D eigenvalue weighted by Gasteiger charge is 2.33. The van der Waals surface area contributed by atoms with Crippen molar-refractivity contribution in [3.63, 3.8) is 0 Å². The third-order valence-corrected chi connectivity index (χ3v) is 6.14. The third kappa shape index (κ3) is 3.46. The van der Waals surface area contributed by atoms with Crippen LogP contribution in [0.5, 0.6) is 0 Å². The fourth-order valence-corrected chi connectivity index (χ4v) is 4.33. The highest BCUT2D eigenvalue weighted by molar-refractivity contribution is 6.42. The molecule has 1 aliphatic heterocycles. The van der Waals surface area contributed by atoms with Gasteiger partial charge >= 0.3 is 5.97 Å². The minimum absolute atomic E-state index is 0.527. The SMILES string of the molecule is Cc1[nH]c2ccccc2c1[C@@H](C(=O)O)N1CCN(c2ccc(Cl)c(Cl)c2)CC1. The molecule has 2 N–H and O–H groups in total. The number of fused-ring (bicyclic) bond motifs is 1. The summed E-state index contributed by atoms with van der Waals surface area (Å²) in [6.45, 7) is 4.69. The zero-order valence-corrected chi connectivity index (χ0v) is 17.0. The van der Waals surface area contributed by atoms with Crippen molar-refractivity contribution in [1.29, 1.82) is 0 Å². The molecule has 1 atom stereocenters. The number of piperazine rings is 1. The van der Waals surface area contributed by atoms with Crippen LogP contribution >= 0.6 is 23.2 Å². The Hall–Kier alpha value is -2.21. The van der Waals surface area contributed by atoms with Crippen molar-refractivity contribution in [2.24, 2.45) is 0 Å². The van der Waals surface area contributed by atoms with Crippen molar-refractivity contribution in [3.8, 4) is 0 Å². The Labute approximate surface area is 173 Å². The van der Waals surface area contributed by atoms with Gasteiger partial charge in [0.05, 0.1) is 10.0 Å². The molecule has 0 amide bonds. The van der Waals surface area contributed by atoms with Crippen LogP contribution in [0.4, 0.5) is 5.69 Å². The first-order valence-electron chi connectivity index (χ1n) is 9.20. The monoisotopic (exact) mass is 417 g/mol. The second-order valence-corrected chi connectivity index (χ2v) is 7.89. The first kappa shape index (κ1) is 19.1. The van der Waals surface area contributed by atoms with Crippen molar-refractivity contribution in [1.82, 2.24) is 9.88 Å². The quantitative estimate of drug-likeness (QED) is 0.643. The summed E-state index contributed by atoms with van der Waals surface area (Å²) in [7, 11) is 0. The maximum Gasteiger partial charge on any atom is 0.325 e. The zero-order valence-electron chi connectivity index (χ0n) is 15.5. The lowest BCUT2D eigenvalue weighted by Gasteiger charge is -2.39. The molecule has 0 radical (unpaired) electrons. The van der Waals surface area contributed by atoms with E-state index in [4.69, 9.17) is 23.2 Å². The predicted molar refractivity (Wildman–Crippen MR) is 114 cm³/mol. The van der Waals surface area contributed by atoms with Gasteiger partial charge in [0, 0.05) is 54.0 Å². The number of hydrogen-bond donors (Lipinski definition) is 2. The Morgan fingerprint density at radius 2 is 1.79 bits per heavy atom. The van der Waals surface area contributed by atoms with Gasteiger partial charge in [-0.15, -0.1) is 0 Å². The largest absolute Gasteiger partial charge is 0.480 e. The molecule has 0 bridgehead atoms. The van der Waals surface area contributed by atoms with Gasteiger partial charge in [-0.05, 0) is 31.2 Å². The lowest BCUT2D eigenvalue weighted by atomic mass is 10.0. The maximum atomic E-state index is 12.2. The van der Waals surface area contributed by atoms with Crippen LogP contribution in [0.1, 0.15) is 17.3 Å². The number of nitrogens with one attached hydrogen (secondary N) is 1. The first-order valence-corrected chi connectivity index (χ1v) is 9.95. The molecule has 1 aliphatic rings. The Morgan fingerprint density at radius 1 is 1.07 bits per heavy atom. The number of para-hydroxylation sites is 1. The number of carboxylic acids is 1. The summed E-state index contributed by atoms with van der Waals surface area (Å²) in [5.74, 6) is -0.823. The van der Waals surface area contributed by atoms with Gasteiger partial charge in [-0.2, -0.15) is 0 Å². The predicted octanol–water partition coefficient (Wildman–Crippen LogP) is 4.73. The molecule has 4 rings (SSSR count). The van der Waals surface area contributed by atoms with E-state index in [1.807, 2.05) is 48.2 Å². The molecule has 1 aromatic heterocycles. The molecule has 0 spiro atoms. The van der Waals surface area contributed by atoms with Gasteiger partial charge in [-0.1, -0.05) is 41.4 Å². The third-order valence-electron chi connectivity index (χ3n) is 5.40. The van der Waals surface area contributed by atoms with Crippen molar-refractivity contribution in [3.05, 3.63) is 63.8 Å². The van der Waals surface area contributed by atoms with E-state index in [0.29, 0.717) is 23.1 Å². The molecule has 5 nitrogen and oxygen atoms in total. The van der Waals surface area contributed by atoms with E-state index in [-0.39, 0.29) is 0 Å². The summed E-state index contributed by atoms with van der Waals surface area (Å²) in [5.41, 5.74) is 3.73. The summed E-state index contributed by atoms with van der Waals surface area (Å²) in [6, 6.07) is 12.8. The highest BCUT2D eigenvalue weighted by Crippen LogP contribution is 2.33. The lowest BCUT2D eigenvalue weighted by molar-refractivity contribution is -0.143. The number of anilines is 1. The molecule has 1 fully saturated rings. The van der Waals surface area contributed by atoms with Gasteiger partial charge in [0.1, 0.15) is 6.04 Å². The number of rotatable bonds is 4. The molecule has 0 aliphatic carbocycles. The Balaban J connectivity index is 1.58. The fourth-order valence-electron chi connectivity index (χ4n) is 4.03. The van der Waals surface area contributed by atoms with Gasteiger partial charge < -0.3 is 15.0 Å². The average molecular weight is 418 g/mol. The summed E-state index contributed by atoms with van der Waals surface area (Å²) >= 11 is 12.2. The number of hydrogen-bond acceptors (Lipinski definition) is 3. The molecule has 0 unspecified atom stereocenters. The smallest absolute Gasteiger partial charge is 0.325 e. The second-order valence-electron chi connectivity index (χ2n) is 7.07. The number of aliphatic carboxylic acids is 1. The Kier molecular flexibility index (Phi) is 5.23. The highest BCUT2D eigenvalue weighted by atomic mass is 35.5. The number of aromatic nitrogens is 1. The van der Waals surface area contributed by atoms with Crippen molar-refractivity contribution in [2.45, 2.75) is 13.0 Å². The lowest BCUT2D eigenvalue weighted by Crippen LogP contribution is -2.49. The van der Waals surface area contributed by atoms with Crippen LogP contribution in [0.2, 0.25) is 10.0 Å². The molecule has 0 saturated carbocycles. The van der Waals surface area contributed by atoms with E-state index in [1.165, 1.54) is 0 Å².